The molecule has 0 aromatic rings. The molecule has 3 atom stereocenters. The molecule has 0 aliphatic heterocycles. The summed E-state index contributed by atoms with van der Waals surface area (Å²) in [6.07, 6.45) is 6.18. The van der Waals surface area contributed by atoms with Gasteiger partial charge in [0.25, 0.3) is 0 Å². The predicted molar refractivity (Wildman–Crippen MR) is 55.7 cm³/mol. The maximum atomic E-state index is 9.11. The highest BCUT2D eigenvalue weighted by Crippen LogP contribution is 2.23. The fourth-order valence-electron chi connectivity index (χ4n) is 2.10. The first kappa shape index (κ1) is 11.0. The number of nitrogens with one attached hydrogen (secondary N) is 1. The molecular weight excluding hydrogens is 162 g/mol. The minimum Gasteiger partial charge on any atom is -0.393 e. The maximum absolute atomic E-state index is 9.11. The minimum atomic E-state index is -0.161. The lowest BCUT2D eigenvalue weighted by molar-refractivity contribution is 0.177. The van der Waals surface area contributed by atoms with Gasteiger partial charge in [-0.15, -0.1) is 0 Å². The van der Waals surface area contributed by atoms with Crippen LogP contribution < -0.4 is 5.32 Å². The molecule has 0 bridgehead atoms. The molecule has 78 valence electrons. The fraction of sp³-hybridized carbons (Fsp3) is 1.00. The SMILES string of the molecule is C[C@@H]1CCCC[C@H]1NCC[C@@H](C)O. The van der Waals surface area contributed by atoms with E-state index < -0.39 is 0 Å². The summed E-state index contributed by atoms with van der Waals surface area (Å²) >= 11 is 0. The Morgan fingerprint density at radius 3 is 2.69 bits per heavy atom. The number of rotatable bonds is 4. The Kier molecular flexibility index (Phi) is 4.74. The van der Waals surface area contributed by atoms with Crippen molar-refractivity contribution in [3.05, 3.63) is 0 Å². The first-order chi connectivity index (χ1) is 6.20. The summed E-state index contributed by atoms with van der Waals surface area (Å²) in [7, 11) is 0. The summed E-state index contributed by atoms with van der Waals surface area (Å²) < 4.78 is 0. The first-order valence-corrected chi connectivity index (χ1v) is 5.61. The van der Waals surface area contributed by atoms with Crippen molar-refractivity contribution in [1.82, 2.24) is 5.32 Å². The van der Waals surface area contributed by atoms with Crippen molar-refractivity contribution in [3.8, 4) is 0 Å². The van der Waals surface area contributed by atoms with Gasteiger partial charge in [0.1, 0.15) is 0 Å². The molecule has 0 aromatic carbocycles. The van der Waals surface area contributed by atoms with Crippen LogP contribution in [0.25, 0.3) is 0 Å². The van der Waals surface area contributed by atoms with Crippen LogP contribution in [0, 0.1) is 5.92 Å². The second-order valence-electron chi connectivity index (χ2n) is 4.46. The Bertz CT molecular complexity index is 136. The van der Waals surface area contributed by atoms with Gasteiger partial charge in [0.2, 0.25) is 0 Å². The molecule has 0 spiro atoms. The van der Waals surface area contributed by atoms with Crippen LogP contribution in [0.3, 0.4) is 0 Å². The summed E-state index contributed by atoms with van der Waals surface area (Å²) in [4.78, 5) is 0. The molecule has 0 amide bonds. The average molecular weight is 185 g/mol. The standard InChI is InChI=1S/C11H23NO/c1-9-5-3-4-6-11(9)12-8-7-10(2)13/h9-13H,3-8H2,1-2H3/t9-,10-,11-/m1/s1. The van der Waals surface area contributed by atoms with Crippen LogP contribution in [0.2, 0.25) is 0 Å². The monoisotopic (exact) mass is 185 g/mol. The van der Waals surface area contributed by atoms with Crippen LogP contribution in [0.1, 0.15) is 46.0 Å². The zero-order valence-corrected chi connectivity index (χ0v) is 8.92. The summed E-state index contributed by atoms with van der Waals surface area (Å²) in [6.45, 7) is 5.15. The van der Waals surface area contributed by atoms with E-state index >= 15 is 0 Å². The van der Waals surface area contributed by atoms with Crippen LogP contribution in [-0.2, 0) is 0 Å². The smallest absolute Gasteiger partial charge is 0.0524 e. The van der Waals surface area contributed by atoms with E-state index in [0.29, 0.717) is 6.04 Å². The molecule has 1 aliphatic rings. The van der Waals surface area contributed by atoms with Crippen molar-refractivity contribution in [2.45, 2.75) is 58.1 Å². The Labute approximate surface area is 81.7 Å². The highest BCUT2D eigenvalue weighted by atomic mass is 16.3. The Morgan fingerprint density at radius 1 is 1.38 bits per heavy atom. The third-order valence-electron chi connectivity index (χ3n) is 3.08. The molecule has 0 aromatic heterocycles. The summed E-state index contributed by atoms with van der Waals surface area (Å²) in [6, 6.07) is 0.701. The van der Waals surface area contributed by atoms with E-state index in [1.54, 1.807) is 0 Å². The highest BCUT2D eigenvalue weighted by Gasteiger charge is 2.20. The van der Waals surface area contributed by atoms with Crippen molar-refractivity contribution in [3.63, 3.8) is 0 Å². The molecule has 2 N–H and O–H groups in total. The molecular formula is C11H23NO. The largest absolute Gasteiger partial charge is 0.393 e. The molecule has 13 heavy (non-hydrogen) atoms. The van der Waals surface area contributed by atoms with Crippen LogP contribution in [0.4, 0.5) is 0 Å². The Morgan fingerprint density at radius 2 is 2.08 bits per heavy atom. The predicted octanol–water partition coefficient (Wildman–Crippen LogP) is 1.93. The molecule has 1 fully saturated rings. The first-order valence-electron chi connectivity index (χ1n) is 5.61. The number of aliphatic hydroxyl groups excluding tert-OH is 1. The van der Waals surface area contributed by atoms with Gasteiger partial charge in [0, 0.05) is 6.04 Å². The van der Waals surface area contributed by atoms with Crippen LogP contribution in [0.15, 0.2) is 0 Å². The average Bonchev–Trinajstić information content (AvgIpc) is 2.08. The molecule has 1 rings (SSSR count). The normalized spacial score (nSPS) is 31.6. The number of aliphatic hydroxyl groups is 1. The van der Waals surface area contributed by atoms with E-state index in [0.717, 1.165) is 18.9 Å². The second kappa shape index (κ2) is 5.61. The van der Waals surface area contributed by atoms with Crippen molar-refractivity contribution in [2.24, 2.45) is 5.92 Å². The zero-order valence-electron chi connectivity index (χ0n) is 8.92. The maximum Gasteiger partial charge on any atom is 0.0524 e. The fourth-order valence-corrected chi connectivity index (χ4v) is 2.10. The van der Waals surface area contributed by atoms with Gasteiger partial charge in [0.05, 0.1) is 6.10 Å². The number of hydrogen-bond donors (Lipinski definition) is 2. The van der Waals surface area contributed by atoms with Crippen LogP contribution in [-0.4, -0.2) is 23.8 Å². The van der Waals surface area contributed by atoms with Gasteiger partial charge in [0.15, 0.2) is 0 Å². The molecule has 1 saturated carbocycles. The lowest BCUT2D eigenvalue weighted by Gasteiger charge is -2.29. The van der Waals surface area contributed by atoms with Gasteiger partial charge in [-0.3, -0.25) is 0 Å². The third-order valence-corrected chi connectivity index (χ3v) is 3.08. The van der Waals surface area contributed by atoms with Crippen molar-refractivity contribution < 1.29 is 5.11 Å². The van der Waals surface area contributed by atoms with Gasteiger partial charge in [-0.1, -0.05) is 19.8 Å². The molecule has 0 saturated heterocycles. The summed E-state index contributed by atoms with van der Waals surface area (Å²) in [5, 5.41) is 12.7. The molecule has 1 aliphatic carbocycles. The molecule has 0 unspecified atom stereocenters. The van der Waals surface area contributed by atoms with E-state index in [1.807, 2.05) is 6.92 Å². The molecule has 2 heteroatoms. The lowest BCUT2D eigenvalue weighted by Crippen LogP contribution is -2.38. The topological polar surface area (TPSA) is 32.3 Å². The van der Waals surface area contributed by atoms with Gasteiger partial charge < -0.3 is 10.4 Å². The summed E-state index contributed by atoms with van der Waals surface area (Å²) in [5.41, 5.74) is 0. The van der Waals surface area contributed by atoms with Crippen LogP contribution in [0.5, 0.6) is 0 Å². The van der Waals surface area contributed by atoms with E-state index in [1.165, 1.54) is 25.7 Å². The lowest BCUT2D eigenvalue weighted by atomic mass is 9.86. The third kappa shape index (κ3) is 4.10. The highest BCUT2D eigenvalue weighted by molar-refractivity contribution is 4.77. The zero-order chi connectivity index (χ0) is 9.68. The van der Waals surface area contributed by atoms with Gasteiger partial charge >= 0.3 is 0 Å². The van der Waals surface area contributed by atoms with Gasteiger partial charge in [-0.2, -0.15) is 0 Å². The van der Waals surface area contributed by atoms with Crippen molar-refractivity contribution in [2.75, 3.05) is 6.54 Å². The van der Waals surface area contributed by atoms with Gasteiger partial charge in [-0.25, -0.2) is 0 Å². The summed E-state index contributed by atoms with van der Waals surface area (Å²) in [5.74, 6) is 0.822. The van der Waals surface area contributed by atoms with Crippen LogP contribution >= 0.6 is 0 Å². The Balaban J connectivity index is 2.11. The quantitative estimate of drug-likeness (QED) is 0.701. The molecule has 2 nitrogen and oxygen atoms in total. The van der Waals surface area contributed by atoms with E-state index in [9.17, 15) is 0 Å². The van der Waals surface area contributed by atoms with E-state index in [4.69, 9.17) is 5.11 Å². The minimum absolute atomic E-state index is 0.161. The molecule has 0 heterocycles. The molecule has 0 radical (unpaired) electrons. The number of hydrogen-bond acceptors (Lipinski definition) is 2. The van der Waals surface area contributed by atoms with Crippen molar-refractivity contribution >= 4 is 0 Å². The van der Waals surface area contributed by atoms with E-state index in [2.05, 4.69) is 12.2 Å². The second-order valence-corrected chi connectivity index (χ2v) is 4.46. The van der Waals surface area contributed by atoms with E-state index in [-0.39, 0.29) is 6.10 Å². The van der Waals surface area contributed by atoms with Crippen molar-refractivity contribution in [1.29, 1.82) is 0 Å². The van der Waals surface area contributed by atoms with Gasteiger partial charge in [-0.05, 0) is 38.6 Å². The Hall–Kier alpha value is -0.0800.